The highest BCUT2D eigenvalue weighted by Crippen LogP contribution is 2.40. The number of carbonyl (C=O) groups is 2. The van der Waals surface area contributed by atoms with Gasteiger partial charge in [0, 0.05) is 30.4 Å². The quantitative estimate of drug-likeness (QED) is 0.782. The minimum Gasteiger partial charge on any atom is -0.359 e. The van der Waals surface area contributed by atoms with Crippen LogP contribution in [0.4, 0.5) is 0 Å². The summed E-state index contributed by atoms with van der Waals surface area (Å²) in [6.07, 6.45) is 1.78. The third-order valence-electron chi connectivity index (χ3n) is 4.08. The van der Waals surface area contributed by atoms with Gasteiger partial charge in [0.1, 0.15) is 5.69 Å². The topological polar surface area (TPSA) is 74.0 Å². The van der Waals surface area contributed by atoms with Crippen LogP contribution in [0, 0.1) is 11.8 Å². The first-order valence-electron chi connectivity index (χ1n) is 7.26. The number of aromatic amines is 1. The highest BCUT2D eigenvalue weighted by molar-refractivity contribution is 5.97. The number of fused-ring (bicyclic) bond motifs is 1. The fourth-order valence-electron chi connectivity index (χ4n) is 2.74. The Hall–Kier alpha value is -2.30. The van der Waals surface area contributed by atoms with E-state index < -0.39 is 0 Å². The van der Waals surface area contributed by atoms with Crippen molar-refractivity contribution in [3.8, 4) is 0 Å². The Morgan fingerprint density at radius 3 is 2.90 bits per heavy atom. The van der Waals surface area contributed by atoms with Crippen molar-refractivity contribution >= 4 is 22.7 Å². The largest absolute Gasteiger partial charge is 0.359 e. The molecule has 0 spiro atoms. The predicted octanol–water partition coefficient (Wildman–Crippen LogP) is 1.67. The standard InChI is InChI=1S/C16H19N3O2/c1-17-15(20)12-8-10(12)6-7-18-16(21)14-9-11-4-2-3-5-13(11)19-14/h2-5,9-10,12,19H,6-8H2,1H3,(H,17,20)(H,18,21)/t10-,12-/m0/s1. The molecule has 1 saturated carbocycles. The number of hydrogen-bond acceptors (Lipinski definition) is 2. The number of nitrogens with one attached hydrogen (secondary N) is 3. The summed E-state index contributed by atoms with van der Waals surface area (Å²) in [7, 11) is 1.66. The SMILES string of the molecule is CNC(=O)[C@H]1C[C@@H]1CCNC(=O)c1cc2ccccc2[nH]1. The van der Waals surface area contributed by atoms with E-state index >= 15 is 0 Å². The minimum absolute atomic E-state index is 0.0941. The second-order valence-electron chi connectivity index (χ2n) is 5.53. The number of hydrogen-bond donors (Lipinski definition) is 3. The smallest absolute Gasteiger partial charge is 0.267 e. The van der Waals surface area contributed by atoms with Gasteiger partial charge in [0.25, 0.3) is 5.91 Å². The van der Waals surface area contributed by atoms with E-state index in [0.29, 0.717) is 18.2 Å². The lowest BCUT2D eigenvalue weighted by Crippen LogP contribution is -2.26. The summed E-state index contributed by atoms with van der Waals surface area (Å²) in [4.78, 5) is 26.6. The van der Waals surface area contributed by atoms with Crippen LogP contribution in [-0.2, 0) is 4.79 Å². The van der Waals surface area contributed by atoms with Crippen molar-refractivity contribution in [3.05, 3.63) is 36.0 Å². The van der Waals surface area contributed by atoms with Gasteiger partial charge < -0.3 is 15.6 Å². The third kappa shape index (κ3) is 2.91. The molecule has 3 N–H and O–H groups in total. The molecule has 0 bridgehead atoms. The van der Waals surface area contributed by atoms with Crippen molar-refractivity contribution in [2.24, 2.45) is 11.8 Å². The Bertz CT molecular complexity index is 644. The normalized spacial score (nSPS) is 20.2. The molecule has 5 nitrogen and oxygen atoms in total. The molecule has 0 aliphatic heterocycles. The Balaban J connectivity index is 1.50. The average molecular weight is 285 g/mol. The zero-order valence-electron chi connectivity index (χ0n) is 12.0. The van der Waals surface area contributed by atoms with Crippen LogP contribution >= 0.6 is 0 Å². The fraction of sp³-hybridized carbons (Fsp3) is 0.375. The van der Waals surface area contributed by atoms with E-state index in [2.05, 4.69) is 15.6 Å². The van der Waals surface area contributed by atoms with Crippen LogP contribution in [0.25, 0.3) is 10.9 Å². The van der Waals surface area contributed by atoms with Crippen LogP contribution in [0.5, 0.6) is 0 Å². The molecule has 0 radical (unpaired) electrons. The molecule has 0 unspecified atom stereocenters. The molecule has 110 valence electrons. The molecular formula is C16H19N3O2. The number of aromatic nitrogens is 1. The molecule has 1 aliphatic carbocycles. The molecule has 2 amide bonds. The molecule has 3 rings (SSSR count). The van der Waals surface area contributed by atoms with Gasteiger partial charge in [-0.15, -0.1) is 0 Å². The maximum absolute atomic E-state index is 12.1. The Morgan fingerprint density at radius 1 is 1.33 bits per heavy atom. The molecule has 1 aliphatic rings. The van der Waals surface area contributed by atoms with Gasteiger partial charge in [0.05, 0.1) is 0 Å². The van der Waals surface area contributed by atoms with Gasteiger partial charge in [0.15, 0.2) is 0 Å². The van der Waals surface area contributed by atoms with Gasteiger partial charge in [-0.1, -0.05) is 18.2 Å². The molecule has 1 aromatic heterocycles. The van der Waals surface area contributed by atoms with Gasteiger partial charge in [0.2, 0.25) is 5.91 Å². The predicted molar refractivity (Wildman–Crippen MR) is 80.9 cm³/mol. The first-order valence-corrected chi connectivity index (χ1v) is 7.26. The van der Waals surface area contributed by atoms with Crippen LogP contribution in [0.1, 0.15) is 23.3 Å². The van der Waals surface area contributed by atoms with Gasteiger partial charge in [-0.2, -0.15) is 0 Å². The lowest BCUT2D eigenvalue weighted by Gasteiger charge is -2.03. The van der Waals surface area contributed by atoms with E-state index in [1.54, 1.807) is 7.05 Å². The molecule has 1 heterocycles. The van der Waals surface area contributed by atoms with Gasteiger partial charge in [-0.25, -0.2) is 0 Å². The first kappa shape index (κ1) is 13.7. The molecular weight excluding hydrogens is 266 g/mol. The number of rotatable bonds is 5. The zero-order valence-corrected chi connectivity index (χ0v) is 12.0. The van der Waals surface area contributed by atoms with Crippen LogP contribution in [0.3, 0.4) is 0 Å². The monoisotopic (exact) mass is 285 g/mol. The second-order valence-corrected chi connectivity index (χ2v) is 5.53. The number of H-pyrrole nitrogens is 1. The summed E-state index contributed by atoms with van der Waals surface area (Å²) in [5.74, 6) is 0.568. The van der Waals surface area contributed by atoms with Crippen molar-refractivity contribution in [3.63, 3.8) is 0 Å². The van der Waals surface area contributed by atoms with Crippen molar-refractivity contribution < 1.29 is 9.59 Å². The van der Waals surface area contributed by atoms with Gasteiger partial charge in [-0.05, 0) is 30.9 Å². The summed E-state index contributed by atoms with van der Waals surface area (Å²) in [5, 5.41) is 6.60. The number of para-hydroxylation sites is 1. The van der Waals surface area contributed by atoms with Gasteiger partial charge >= 0.3 is 0 Å². The van der Waals surface area contributed by atoms with Gasteiger partial charge in [-0.3, -0.25) is 9.59 Å². The minimum atomic E-state index is -0.0941. The maximum Gasteiger partial charge on any atom is 0.267 e. The third-order valence-corrected chi connectivity index (χ3v) is 4.08. The lowest BCUT2D eigenvalue weighted by molar-refractivity contribution is -0.122. The average Bonchev–Trinajstić information content (AvgIpc) is 3.13. The summed E-state index contributed by atoms with van der Waals surface area (Å²) in [5.41, 5.74) is 1.54. The number of benzene rings is 1. The van der Waals surface area contributed by atoms with E-state index in [-0.39, 0.29) is 17.7 Å². The molecule has 2 aromatic rings. The molecule has 1 aromatic carbocycles. The van der Waals surface area contributed by atoms with E-state index in [0.717, 1.165) is 23.7 Å². The number of amides is 2. The highest BCUT2D eigenvalue weighted by Gasteiger charge is 2.41. The Labute approximate surface area is 123 Å². The lowest BCUT2D eigenvalue weighted by atomic mass is 10.2. The van der Waals surface area contributed by atoms with E-state index in [4.69, 9.17) is 0 Å². The summed E-state index contributed by atoms with van der Waals surface area (Å²) in [6, 6.07) is 9.66. The molecule has 0 saturated heterocycles. The maximum atomic E-state index is 12.1. The van der Waals surface area contributed by atoms with Crippen LogP contribution in [-0.4, -0.2) is 30.4 Å². The Morgan fingerprint density at radius 2 is 2.14 bits per heavy atom. The van der Waals surface area contributed by atoms with E-state index in [9.17, 15) is 9.59 Å². The van der Waals surface area contributed by atoms with Crippen LogP contribution < -0.4 is 10.6 Å². The fourth-order valence-corrected chi connectivity index (χ4v) is 2.74. The van der Waals surface area contributed by atoms with Crippen molar-refractivity contribution in [2.75, 3.05) is 13.6 Å². The molecule has 2 atom stereocenters. The Kier molecular flexibility index (Phi) is 3.64. The summed E-state index contributed by atoms with van der Waals surface area (Å²) < 4.78 is 0. The summed E-state index contributed by atoms with van der Waals surface area (Å²) in [6.45, 7) is 0.604. The van der Waals surface area contributed by atoms with E-state index in [1.807, 2.05) is 30.3 Å². The molecule has 5 heteroatoms. The molecule has 21 heavy (non-hydrogen) atoms. The van der Waals surface area contributed by atoms with Crippen molar-refractivity contribution in [2.45, 2.75) is 12.8 Å². The second kappa shape index (κ2) is 5.60. The number of carbonyl (C=O) groups excluding carboxylic acids is 2. The highest BCUT2D eigenvalue weighted by atomic mass is 16.2. The van der Waals surface area contributed by atoms with Crippen LogP contribution in [0.2, 0.25) is 0 Å². The zero-order chi connectivity index (χ0) is 14.8. The molecule has 1 fully saturated rings. The van der Waals surface area contributed by atoms with Crippen molar-refractivity contribution in [1.29, 1.82) is 0 Å². The first-order chi connectivity index (χ1) is 10.2. The van der Waals surface area contributed by atoms with E-state index in [1.165, 1.54) is 0 Å². The van der Waals surface area contributed by atoms with Crippen LogP contribution in [0.15, 0.2) is 30.3 Å². The summed E-state index contributed by atoms with van der Waals surface area (Å²) >= 11 is 0. The van der Waals surface area contributed by atoms with Crippen molar-refractivity contribution in [1.82, 2.24) is 15.6 Å².